The summed E-state index contributed by atoms with van der Waals surface area (Å²) in [5, 5.41) is 13.6. The number of hydrogen-bond acceptors (Lipinski definition) is 4. The number of nitrogens with one attached hydrogen (secondary N) is 2. The molecule has 0 atom stereocenters. The van der Waals surface area contributed by atoms with E-state index in [2.05, 4.69) is 20.9 Å². The van der Waals surface area contributed by atoms with Gasteiger partial charge >= 0.3 is 0 Å². The summed E-state index contributed by atoms with van der Waals surface area (Å²) in [6.07, 6.45) is 0. The second-order valence-electron chi connectivity index (χ2n) is 5.31. The predicted molar refractivity (Wildman–Crippen MR) is 83.4 cm³/mol. The molecule has 0 saturated carbocycles. The molecule has 2 aromatic rings. The summed E-state index contributed by atoms with van der Waals surface area (Å²) in [6, 6.07) is 5.31. The molecule has 0 aliphatic carbocycles. The number of nitrogens with zero attached hydrogens (tertiary/aromatic N) is 3. The number of amides is 2. The van der Waals surface area contributed by atoms with Gasteiger partial charge in [0.2, 0.25) is 5.91 Å². The van der Waals surface area contributed by atoms with E-state index in [4.69, 9.17) is 0 Å². The lowest BCUT2D eigenvalue weighted by molar-refractivity contribution is -0.123. The van der Waals surface area contributed by atoms with Gasteiger partial charge in [-0.25, -0.2) is 4.68 Å². The number of aryl methyl sites for hydroxylation is 1. The van der Waals surface area contributed by atoms with Crippen LogP contribution in [0.2, 0.25) is 0 Å². The van der Waals surface area contributed by atoms with Crippen LogP contribution in [-0.4, -0.2) is 39.9 Å². The van der Waals surface area contributed by atoms with Crippen molar-refractivity contribution in [2.45, 2.75) is 27.3 Å². The van der Waals surface area contributed by atoms with Crippen LogP contribution in [0.5, 0.6) is 0 Å². The van der Waals surface area contributed by atoms with Gasteiger partial charge in [-0.2, -0.15) is 0 Å². The Balaban J connectivity index is 1.91. The first-order valence-electron chi connectivity index (χ1n) is 7.42. The summed E-state index contributed by atoms with van der Waals surface area (Å²) in [6.45, 7) is 7.17. The van der Waals surface area contributed by atoms with Crippen molar-refractivity contribution < 1.29 is 9.59 Å². The van der Waals surface area contributed by atoms with Crippen molar-refractivity contribution in [2.75, 3.05) is 13.1 Å². The maximum absolute atomic E-state index is 12.1. The largest absolute Gasteiger partial charge is 0.354 e. The molecule has 0 bridgehead atoms. The number of hydrogen-bond donors (Lipinski definition) is 2. The Bertz CT molecular complexity index is 678. The van der Waals surface area contributed by atoms with E-state index >= 15 is 0 Å². The Morgan fingerprint density at radius 3 is 2.64 bits per heavy atom. The molecule has 118 valence electrons. The lowest BCUT2D eigenvalue weighted by Gasteiger charge is -2.08. The van der Waals surface area contributed by atoms with Gasteiger partial charge in [0.05, 0.1) is 5.52 Å². The first-order valence-corrected chi connectivity index (χ1v) is 7.42. The van der Waals surface area contributed by atoms with Gasteiger partial charge in [0.25, 0.3) is 5.91 Å². The molecule has 0 spiro atoms. The lowest BCUT2D eigenvalue weighted by Crippen LogP contribution is -2.36. The molecular formula is C15H21N5O2. The zero-order valence-corrected chi connectivity index (χ0v) is 13.1. The highest BCUT2D eigenvalue weighted by atomic mass is 16.2. The van der Waals surface area contributed by atoms with Gasteiger partial charge in [-0.15, -0.1) is 5.10 Å². The molecule has 1 aromatic heterocycles. The van der Waals surface area contributed by atoms with Gasteiger partial charge in [0.15, 0.2) is 0 Å². The van der Waals surface area contributed by atoms with E-state index in [-0.39, 0.29) is 17.7 Å². The fourth-order valence-electron chi connectivity index (χ4n) is 2.01. The van der Waals surface area contributed by atoms with Crippen LogP contribution in [0.15, 0.2) is 18.2 Å². The Morgan fingerprint density at radius 2 is 1.95 bits per heavy atom. The lowest BCUT2D eigenvalue weighted by atomic mass is 10.2. The zero-order chi connectivity index (χ0) is 16.1. The monoisotopic (exact) mass is 303 g/mol. The Labute approximate surface area is 129 Å². The highest BCUT2D eigenvalue weighted by Crippen LogP contribution is 2.13. The van der Waals surface area contributed by atoms with Crippen LogP contribution in [-0.2, 0) is 11.3 Å². The first-order chi connectivity index (χ1) is 10.5. The molecule has 2 rings (SSSR count). The second kappa shape index (κ2) is 7.02. The zero-order valence-electron chi connectivity index (χ0n) is 13.1. The van der Waals surface area contributed by atoms with E-state index in [0.717, 1.165) is 12.1 Å². The minimum absolute atomic E-state index is 0.0214. The summed E-state index contributed by atoms with van der Waals surface area (Å²) in [4.78, 5) is 23.5. The van der Waals surface area contributed by atoms with Crippen LogP contribution in [0.3, 0.4) is 0 Å². The maximum Gasteiger partial charge on any atom is 0.251 e. The van der Waals surface area contributed by atoms with Gasteiger partial charge in [-0.1, -0.05) is 19.1 Å². The van der Waals surface area contributed by atoms with Crippen LogP contribution in [0.25, 0.3) is 11.0 Å². The van der Waals surface area contributed by atoms with Gasteiger partial charge < -0.3 is 10.6 Å². The van der Waals surface area contributed by atoms with Crippen LogP contribution in [0.4, 0.5) is 0 Å². The molecule has 2 amide bonds. The van der Waals surface area contributed by atoms with E-state index < -0.39 is 0 Å². The number of carbonyl (C=O) groups excluding carboxylic acids is 2. The molecule has 7 heteroatoms. The van der Waals surface area contributed by atoms with E-state index in [9.17, 15) is 9.59 Å². The fourth-order valence-corrected chi connectivity index (χ4v) is 2.01. The van der Waals surface area contributed by atoms with Crippen molar-refractivity contribution in [2.24, 2.45) is 5.92 Å². The van der Waals surface area contributed by atoms with E-state index in [1.807, 2.05) is 26.8 Å². The molecule has 2 N–H and O–H groups in total. The molecule has 1 aromatic carbocycles. The molecule has 7 nitrogen and oxygen atoms in total. The van der Waals surface area contributed by atoms with Crippen LogP contribution in [0.1, 0.15) is 31.1 Å². The molecule has 1 heterocycles. The Hall–Kier alpha value is -2.44. The third-order valence-corrected chi connectivity index (χ3v) is 3.31. The molecular weight excluding hydrogens is 282 g/mol. The average Bonchev–Trinajstić information content (AvgIpc) is 2.93. The minimum atomic E-state index is -0.188. The van der Waals surface area contributed by atoms with Gasteiger partial charge in [0.1, 0.15) is 5.52 Å². The van der Waals surface area contributed by atoms with Crippen molar-refractivity contribution in [3.63, 3.8) is 0 Å². The summed E-state index contributed by atoms with van der Waals surface area (Å²) in [5.41, 5.74) is 2.14. The van der Waals surface area contributed by atoms with Crippen LogP contribution >= 0.6 is 0 Å². The van der Waals surface area contributed by atoms with E-state index in [1.54, 1.807) is 16.8 Å². The summed E-state index contributed by atoms with van der Waals surface area (Å²) >= 11 is 0. The molecule has 0 unspecified atom stereocenters. The first kappa shape index (κ1) is 15.9. The number of benzene rings is 1. The minimum Gasteiger partial charge on any atom is -0.354 e. The second-order valence-corrected chi connectivity index (χ2v) is 5.31. The normalized spacial score (nSPS) is 10.9. The summed E-state index contributed by atoms with van der Waals surface area (Å²) in [7, 11) is 0. The van der Waals surface area contributed by atoms with E-state index in [0.29, 0.717) is 24.2 Å². The molecule has 0 saturated heterocycles. The highest BCUT2D eigenvalue weighted by Gasteiger charge is 2.10. The van der Waals surface area contributed by atoms with E-state index in [1.165, 1.54) is 0 Å². The molecule has 0 radical (unpaired) electrons. The smallest absolute Gasteiger partial charge is 0.251 e. The number of rotatable bonds is 6. The maximum atomic E-state index is 12.1. The predicted octanol–water partition coefficient (Wildman–Crippen LogP) is 0.953. The summed E-state index contributed by atoms with van der Waals surface area (Å²) < 4.78 is 1.78. The van der Waals surface area contributed by atoms with Crippen LogP contribution < -0.4 is 10.6 Å². The van der Waals surface area contributed by atoms with Gasteiger partial charge in [-0.05, 0) is 25.1 Å². The van der Waals surface area contributed by atoms with Crippen molar-refractivity contribution in [1.82, 2.24) is 25.6 Å². The van der Waals surface area contributed by atoms with Crippen molar-refractivity contribution in [1.29, 1.82) is 0 Å². The molecule has 22 heavy (non-hydrogen) atoms. The Kier molecular flexibility index (Phi) is 5.08. The SMILES string of the molecule is CCn1nnc2cc(C(=O)NCCNC(=O)C(C)C)ccc21. The molecule has 0 aliphatic rings. The topological polar surface area (TPSA) is 88.9 Å². The number of fused-ring (bicyclic) bond motifs is 1. The standard InChI is InChI=1S/C15H21N5O2/c1-4-20-13-6-5-11(9-12(13)18-19-20)15(22)17-8-7-16-14(21)10(2)3/h5-6,9-10H,4,7-8H2,1-3H3,(H,16,21)(H,17,22). The van der Waals surface area contributed by atoms with Crippen LogP contribution in [0, 0.1) is 5.92 Å². The quantitative estimate of drug-likeness (QED) is 0.778. The van der Waals surface area contributed by atoms with Gasteiger partial charge in [0, 0.05) is 31.1 Å². The number of aromatic nitrogens is 3. The molecule has 0 aliphatic heterocycles. The number of carbonyl (C=O) groups is 2. The summed E-state index contributed by atoms with van der Waals surface area (Å²) in [5.74, 6) is -0.266. The van der Waals surface area contributed by atoms with Gasteiger partial charge in [-0.3, -0.25) is 9.59 Å². The molecule has 0 fully saturated rings. The van der Waals surface area contributed by atoms with Crippen molar-refractivity contribution in [3.8, 4) is 0 Å². The van der Waals surface area contributed by atoms with Crippen molar-refractivity contribution >= 4 is 22.8 Å². The van der Waals surface area contributed by atoms with Crippen molar-refractivity contribution in [3.05, 3.63) is 23.8 Å². The third-order valence-electron chi connectivity index (χ3n) is 3.31. The fraction of sp³-hybridized carbons (Fsp3) is 0.467. The average molecular weight is 303 g/mol. The Morgan fingerprint density at radius 1 is 1.23 bits per heavy atom. The highest BCUT2D eigenvalue weighted by molar-refractivity contribution is 5.97. The third kappa shape index (κ3) is 3.60.